The normalized spacial score (nSPS) is 19.1. The van der Waals surface area contributed by atoms with Crippen LogP contribution in [0.1, 0.15) is 213 Å². The van der Waals surface area contributed by atoms with Crippen LogP contribution in [0.5, 0.6) is 0 Å². The zero-order valence-electron chi connectivity index (χ0n) is 45.3. The Balaban J connectivity index is 2.75. The maximum atomic E-state index is 13.1. The molecule has 6 atom stereocenters. The molecule has 0 saturated carbocycles. The van der Waals surface area contributed by atoms with Gasteiger partial charge in [0.15, 0.2) is 24.6 Å². The average Bonchev–Trinajstić information content (AvgIpc) is 3.37. The van der Waals surface area contributed by atoms with Crippen LogP contribution in [-0.2, 0) is 42.9 Å². The molecule has 0 radical (unpaired) electrons. The van der Waals surface area contributed by atoms with E-state index >= 15 is 0 Å². The third-order valence-electron chi connectivity index (χ3n) is 12.1. The third kappa shape index (κ3) is 38.8. The number of aliphatic hydroxyl groups excluding tert-OH is 2. The van der Waals surface area contributed by atoms with Crippen molar-refractivity contribution in [2.75, 3.05) is 13.2 Å². The maximum Gasteiger partial charge on any atom is 0.335 e. The van der Waals surface area contributed by atoms with Crippen molar-refractivity contribution < 1.29 is 58.2 Å². The molecule has 0 bridgehead atoms. The van der Waals surface area contributed by atoms with Crippen LogP contribution in [0.25, 0.3) is 0 Å². The lowest BCUT2D eigenvalue weighted by atomic mass is 9.98. The van der Waals surface area contributed by atoms with Crippen LogP contribution in [0, 0.1) is 0 Å². The van der Waals surface area contributed by atoms with Gasteiger partial charge in [-0.25, -0.2) is 4.79 Å². The van der Waals surface area contributed by atoms with Crippen LogP contribution in [0.2, 0.25) is 0 Å². The van der Waals surface area contributed by atoms with E-state index in [4.69, 9.17) is 23.7 Å². The first-order valence-corrected chi connectivity index (χ1v) is 28.2. The Labute approximate surface area is 441 Å². The highest BCUT2D eigenvalue weighted by Crippen LogP contribution is 2.26. The summed E-state index contributed by atoms with van der Waals surface area (Å²) in [4.78, 5) is 51.0. The quantitative estimate of drug-likeness (QED) is 0.0228. The Morgan fingerprint density at radius 1 is 0.466 bits per heavy atom. The molecule has 6 unspecified atom stereocenters. The van der Waals surface area contributed by atoms with Gasteiger partial charge in [-0.2, -0.15) is 0 Å². The number of aliphatic hydroxyl groups is 2. The van der Waals surface area contributed by atoms with Gasteiger partial charge in [0.05, 0.1) is 6.61 Å². The zero-order valence-corrected chi connectivity index (χ0v) is 45.3. The average molecular weight is 1020 g/mol. The summed E-state index contributed by atoms with van der Waals surface area (Å²) in [6.45, 7) is 5.68. The molecule has 12 nitrogen and oxygen atoms in total. The molecule has 1 rings (SSSR count). The van der Waals surface area contributed by atoms with Crippen molar-refractivity contribution >= 4 is 23.9 Å². The smallest absolute Gasteiger partial charge is 0.335 e. The van der Waals surface area contributed by atoms with Gasteiger partial charge in [0, 0.05) is 19.3 Å². The number of allylic oxidation sites excluding steroid dienone is 16. The number of rotatable bonds is 46. The van der Waals surface area contributed by atoms with Gasteiger partial charge in [-0.3, -0.25) is 14.4 Å². The Kier molecular flexibility index (Phi) is 44.4. The summed E-state index contributed by atoms with van der Waals surface area (Å²) < 4.78 is 28.3. The zero-order chi connectivity index (χ0) is 53.3. The largest absolute Gasteiger partial charge is 0.479 e. The predicted octanol–water partition coefficient (Wildman–Crippen LogP) is 14.1. The summed E-state index contributed by atoms with van der Waals surface area (Å²) >= 11 is 0. The number of carbonyl (C=O) groups is 4. The van der Waals surface area contributed by atoms with E-state index in [-0.39, 0.29) is 25.9 Å². The molecule has 1 heterocycles. The molecule has 0 amide bonds. The van der Waals surface area contributed by atoms with Crippen molar-refractivity contribution in [1.82, 2.24) is 0 Å². The van der Waals surface area contributed by atoms with E-state index in [1.54, 1.807) is 0 Å². The van der Waals surface area contributed by atoms with E-state index < -0.39 is 67.3 Å². The predicted molar refractivity (Wildman–Crippen MR) is 294 cm³/mol. The maximum absolute atomic E-state index is 13.1. The van der Waals surface area contributed by atoms with Crippen molar-refractivity contribution in [3.05, 3.63) is 97.2 Å². The number of carboxylic acids is 1. The van der Waals surface area contributed by atoms with E-state index in [0.717, 1.165) is 128 Å². The Morgan fingerprint density at radius 2 is 0.863 bits per heavy atom. The van der Waals surface area contributed by atoms with Gasteiger partial charge in [0.25, 0.3) is 0 Å². The molecule has 0 aromatic rings. The lowest BCUT2D eigenvalue weighted by Crippen LogP contribution is -2.61. The number of aliphatic carboxylic acids is 1. The Bertz CT molecular complexity index is 1640. The molecule has 0 aromatic heterocycles. The Morgan fingerprint density at radius 3 is 1.34 bits per heavy atom. The van der Waals surface area contributed by atoms with Crippen molar-refractivity contribution in [3.8, 4) is 0 Å². The summed E-state index contributed by atoms with van der Waals surface area (Å²) in [6, 6.07) is 0. The fourth-order valence-electron chi connectivity index (χ4n) is 7.84. The van der Waals surface area contributed by atoms with Crippen LogP contribution in [0.3, 0.4) is 0 Å². The molecule has 1 aliphatic heterocycles. The number of carbonyl (C=O) groups excluding carboxylic acids is 3. The van der Waals surface area contributed by atoms with Gasteiger partial charge in [-0.05, 0) is 116 Å². The highest BCUT2D eigenvalue weighted by atomic mass is 16.7. The van der Waals surface area contributed by atoms with E-state index in [2.05, 4.69) is 118 Å². The van der Waals surface area contributed by atoms with Crippen LogP contribution >= 0.6 is 0 Å². The van der Waals surface area contributed by atoms with Crippen LogP contribution < -0.4 is 0 Å². The minimum atomic E-state index is -1.92. The van der Waals surface area contributed by atoms with Crippen molar-refractivity contribution in [2.45, 2.75) is 250 Å². The number of hydrogen-bond acceptors (Lipinski definition) is 11. The van der Waals surface area contributed by atoms with Gasteiger partial charge in [0.2, 0.25) is 0 Å². The molecule has 73 heavy (non-hydrogen) atoms. The minimum absolute atomic E-state index is 0.0177. The summed E-state index contributed by atoms with van der Waals surface area (Å²) in [7, 11) is 0. The van der Waals surface area contributed by atoms with Crippen LogP contribution in [-0.4, -0.2) is 89.2 Å². The molecule has 1 aliphatic rings. The second-order valence-electron chi connectivity index (χ2n) is 18.8. The van der Waals surface area contributed by atoms with Crippen molar-refractivity contribution in [1.29, 1.82) is 0 Å². The van der Waals surface area contributed by atoms with E-state index in [9.17, 15) is 34.5 Å². The van der Waals surface area contributed by atoms with Gasteiger partial charge in [-0.15, -0.1) is 0 Å². The van der Waals surface area contributed by atoms with Gasteiger partial charge in [0.1, 0.15) is 18.8 Å². The summed E-state index contributed by atoms with van der Waals surface area (Å²) in [5, 5.41) is 31.4. The van der Waals surface area contributed by atoms with Crippen molar-refractivity contribution in [3.63, 3.8) is 0 Å². The van der Waals surface area contributed by atoms with E-state index in [0.29, 0.717) is 19.3 Å². The second-order valence-corrected chi connectivity index (χ2v) is 18.8. The Hall–Kier alpha value is -4.36. The van der Waals surface area contributed by atoms with Crippen LogP contribution in [0.15, 0.2) is 97.2 Å². The molecule has 3 N–H and O–H groups in total. The minimum Gasteiger partial charge on any atom is -0.479 e. The molecule has 0 aliphatic carbocycles. The van der Waals surface area contributed by atoms with Crippen molar-refractivity contribution in [2.24, 2.45) is 0 Å². The molecule has 1 fully saturated rings. The third-order valence-corrected chi connectivity index (χ3v) is 12.1. The standard InChI is InChI=1S/C61H98O12/c1-4-7-10-13-16-19-22-25-26-27-28-31-32-35-38-41-44-47-53(62)69-50-52(71-54(63)48-45-42-39-36-33-29-23-20-17-14-11-8-5-2)51-70-61-59(57(66)56(65)58(73-61)60(67)68)72-55(64)49-46-43-40-37-34-30-24-21-18-15-12-9-6-3/h7,9-10,12,16,18-21,23,25-26,28,30-31,34,52,56-59,61,65-66H,4-6,8,11,13-15,17,22,24,27,29,32-33,35-51H2,1-3H3,(H,67,68)/b10-7-,12-9-,19-16-,21-18-,23-20-,26-25-,31-28-,34-30-. The molecule has 0 aromatic carbocycles. The molecule has 12 heteroatoms. The lowest BCUT2D eigenvalue weighted by Gasteiger charge is -2.40. The number of carboxylic acid groups (broad SMARTS) is 1. The van der Waals surface area contributed by atoms with Crippen LogP contribution in [0.4, 0.5) is 0 Å². The number of unbranched alkanes of at least 4 members (excludes halogenated alkanes) is 16. The lowest BCUT2D eigenvalue weighted by molar-refractivity contribution is -0.301. The first kappa shape index (κ1) is 66.7. The van der Waals surface area contributed by atoms with Gasteiger partial charge in [-0.1, -0.05) is 176 Å². The first-order chi connectivity index (χ1) is 35.6. The number of ether oxygens (including phenoxy) is 5. The first-order valence-electron chi connectivity index (χ1n) is 28.2. The SMILES string of the molecule is CC/C=C\C/C=C\C/C=C\C/C=C\CCCCCCC(=O)OCC(COC1OC(C(=O)O)C(O)C(O)C1OC(=O)CCCCC/C=C\C/C=C\C/C=C\CC)OC(=O)CCCCCCC/C=C\CCCCCC. The molecule has 1 saturated heterocycles. The molecular weight excluding hydrogens is 925 g/mol. The number of hydrogen-bond donors (Lipinski definition) is 3. The number of esters is 3. The highest BCUT2D eigenvalue weighted by Gasteiger charge is 2.50. The fraction of sp³-hybridized carbons (Fsp3) is 0.672. The van der Waals surface area contributed by atoms with Gasteiger partial charge >= 0.3 is 23.9 Å². The monoisotopic (exact) mass is 1020 g/mol. The van der Waals surface area contributed by atoms with Gasteiger partial charge < -0.3 is 39.0 Å². The molecule has 0 spiro atoms. The summed E-state index contributed by atoms with van der Waals surface area (Å²) in [5.41, 5.74) is 0. The summed E-state index contributed by atoms with van der Waals surface area (Å²) in [6.07, 6.45) is 51.0. The van der Waals surface area contributed by atoms with E-state index in [1.807, 2.05) is 0 Å². The van der Waals surface area contributed by atoms with E-state index in [1.165, 1.54) is 25.7 Å². The topological polar surface area (TPSA) is 175 Å². The molecule has 414 valence electrons. The second kappa shape index (κ2) is 48.6. The fourth-order valence-corrected chi connectivity index (χ4v) is 7.84. The summed E-state index contributed by atoms with van der Waals surface area (Å²) in [5.74, 6) is -3.21. The highest BCUT2D eigenvalue weighted by molar-refractivity contribution is 5.74. The molecular formula is C61H98O12.